The first-order chi connectivity index (χ1) is 13.0. The van der Waals surface area contributed by atoms with Crippen LogP contribution in [0.4, 0.5) is 11.8 Å². The van der Waals surface area contributed by atoms with E-state index in [2.05, 4.69) is 40.1 Å². The molecule has 2 aromatic rings. The van der Waals surface area contributed by atoms with E-state index in [-0.39, 0.29) is 11.9 Å². The molecule has 9 heteroatoms. The summed E-state index contributed by atoms with van der Waals surface area (Å²) < 4.78 is 0. The Morgan fingerprint density at radius 3 is 2.67 bits per heavy atom. The van der Waals surface area contributed by atoms with Crippen molar-refractivity contribution in [1.29, 1.82) is 0 Å². The summed E-state index contributed by atoms with van der Waals surface area (Å²) in [7, 11) is 0. The number of hydrogen-bond acceptors (Lipinski definition) is 7. The maximum absolute atomic E-state index is 11.9. The molecule has 27 heavy (non-hydrogen) atoms. The van der Waals surface area contributed by atoms with Crippen molar-refractivity contribution in [2.24, 2.45) is 0 Å². The van der Waals surface area contributed by atoms with Crippen LogP contribution in [0, 0.1) is 6.57 Å². The van der Waals surface area contributed by atoms with Crippen LogP contribution in [-0.2, 0) is 4.79 Å². The fourth-order valence-electron chi connectivity index (χ4n) is 2.85. The van der Waals surface area contributed by atoms with Gasteiger partial charge < -0.3 is 15.1 Å². The molecule has 0 bridgehead atoms. The summed E-state index contributed by atoms with van der Waals surface area (Å²) in [4.78, 5) is 28.0. The van der Waals surface area contributed by atoms with Crippen molar-refractivity contribution in [2.75, 3.05) is 37.6 Å². The molecule has 3 heterocycles. The van der Waals surface area contributed by atoms with E-state index in [1.165, 1.54) is 0 Å². The first kappa shape index (κ1) is 18.7. The molecule has 1 saturated heterocycles. The lowest BCUT2D eigenvalue weighted by atomic mass is 10.2. The number of piperazine rings is 1. The Morgan fingerprint density at radius 1 is 1.26 bits per heavy atom. The Morgan fingerprint density at radius 2 is 2.04 bits per heavy atom. The highest BCUT2D eigenvalue weighted by Crippen LogP contribution is 2.20. The molecule has 1 fully saturated rings. The highest BCUT2D eigenvalue weighted by Gasteiger charge is 2.21. The summed E-state index contributed by atoms with van der Waals surface area (Å²) in [5.41, 5.74) is 1.46. The lowest BCUT2D eigenvalue weighted by molar-refractivity contribution is -0.122. The molecule has 0 aromatic carbocycles. The Bertz CT molecular complexity index is 822. The number of rotatable bonds is 5. The van der Waals surface area contributed by atoms with E-state index >= 15 is 0 Å². The lowest BCUT2D eigenvalue weighted by Gasteiger charge is -2.34. The van der Waals surface area contributed by atoms with Crippen molar-refractivity contribution in [3.05, 3.63) is 35.9 Å². The van der Waals surface area contributed by atoms with Gasteiger partial charge in [-0.05, 0) is 19.9 Å². The number of hydrogen-bond donors (Lipinski definition) is 1. The van der Waals surface area contributed by atoms with Gasteiger partial charge in [-0.3, -0.25) is 9.69 Å². The number of anilines is 1. The minimum atomic E-state index is 0.0497. The fraction of sp³-hybridized carbons (Fsp3) is 0.444. The van der Waals surface area contributed by atoms with Crippen LogP contribution < -0.4 is 10.2 Å². The molecule has 0 aliphatic carbocycles. The molecule has 9 nitrogen and oxygen atoms in total. The number of amides is 1. The average molecular weight is 366 g/mol. The molecular weight excluding hydrogens is 344 g/mol. The quantitative estimate of drug-likeness (QED) is 0.793. The summed E-state index contributed by atoms with van der Waals surface area (Å²) in [6.07, 6.45) is 3.21. The van der Waals surface area contributed by atoms with Crippen LogP contribution in [0.15, 0.2) is 24.5 Å². The number of nitrogens with one attached hydrogen (secondary N) is 1. The molecule has 1 aliphatic heterocycles. The molecule has 0 unspecified atom stereocenters. The predicted octanol–water partition coefficient (Wildman–Crippen LogP) is 1.13. The molecular formula is C18H22N8O. The van der Waals surface area contributed by atoms with Crippen LogP contribution >= 0.6 is 0 Å². The molecule has 2 aromatic heterocycles. The minimum Gasteiger partial charge on any atom is -0.361 e. The molecule has 3 rings (SSSR count). The molecule has 0 atom stereocenters. The zero-order chi connectivity index (χ0) is 19.2. The van der Waals surface area contributed by atoms with Gasteiger partial charge in [0.05, 0.1) is 18.4 Å². The summed E-state index contributed by atoms with van der Waals surface area (Å²) >= 11 is 0. The second-order valence-electron chi connectivity index (χ2n) is 6.64. The van der Waals surface area contributed by atoms with Crippen molar-refractivity contribution < 1.29 is 4.79 Å². The maximum atomic E-state index is 11.9. The molecule has 140 valence electrons. The van der Waals surface area contributed by atoms with Crippen LogP contribution in [0.1, 0.15) is 13.8 Å². The smallest absolute Gasteiger partial charge is 0.269 e. The minimum absolute atomic E-state index is 0.0497. The standard InChI is InChI=1S/C18H22N8O/c1-13(2)22-17(27)12-25-6-8-26(9-7-25)18-23-15(11-21-24-18)14-4-5-16(19-3)20-10-14/h4-5,10-11,13H,6-9,12H2,1-2H3,(H,22,27). The Kier molecular flexibility index (Phi) is 5.88. The summed E-state index contributed by atoms with van der Waals surface area (Å²) in [5.74, 6) is 0.959. The number of aromatic nitrogens is 4. The number of carbonyl (C=O) groups is 1. The number of pyridine rings is 1. The predicted molar refractivity (Wildman–Crippen MR) is 101 cm³/mol. The van der Waals surface area contributed by atoms with Gasteiger partial charge in [-0.2, -0.15) is 5.10 Å². The zero-order valence-corrected chi connectivity index (χ0v) is 15.5. The first-order valence-corrected chi connectivity index (χ1v) is 8.85. The number of nitrogens with zero attached hydrogens (tertiary/aromatic N) is 7. The normalized spacial score (nSPS) is 14.8. The molecule has 0 saturated carbocycles. The van der Waals surface area contributed by atoms with Crippen molar-refractivity contribution in [1.82, 2.24) is 30.4 Å². The van der Waals surface area contributed by atoms with Crippen LogP contribution in [0.2, 0.25) is 0 Å². The fourth-order valence-corrected chi connectivity index (χ4v) is 2.85. The molecule has 1 aliphatic rings. The number of carbonyl (C=O) groups excluding carboxylic acids is 1. The maximum Gasteiger partial charge on any atom is 0.269 e. The van der Waals surface area contributed by atoms with Crippen molar-refractivity contribution in [2.45, 2.75) is 19.9 Å². The topological polar surface area (TPSA) is 91.5 Å². The van der Waals surface area contributed by atoms with Crippen molar-refractivity contribution in [3.8, 4) is 11.3 Å². The summed E-state index contributed by atoms with van der Waals surface area (Å²) in [5, 5.41) is 11.1. The molecule has 1 amide bonds. The van der Waals surface area contributed by atoms with E-state index < -0.39 is 0 Å². The van der Waals surface area contributed by atoms with E-state index in [0.29, 0.717) is 24.0 Å². The van der Waals surface area contributed by atoms with Gasteiger partial charge in [-0.15, -0.1) is 10.1 Å². The van der Waals surface area contributed by atoms with Gasteiger partial charge in [-0.1, -0.05) is 12.6 Å². The largest absolute Gasteiger partial charge is 0.361 e. The molecule has 1 N–H and O–H groups in total. The second-order valence-corrected chi connectivity index (χ2v) is 6.64. The third-order valence-electron chi connectivity index (χ3n) is 4.18. The lowest BCUT2D eigenvalue weighted by Crippen LogP contribution is -2.50. The van der Waals surface area contributed by atoms with Crippen molar-refractivity contribution in [3.63, 3.8) is 0 Å². The van der Waals surface area contributed by atoms with E-state index in [0.717, 1.165) is 31.7 Å². The van der Waals surface area contributed by atoms with E-state index in [9.17, 15) is 4.79 Å². The first-order valence-electron chi connectivity index (χ1n) is 8.85. The van der Waals surface area contributed by atoms with Gasteiger partial charge >= 0.3 is 0 Å². The highest BCUT2D eigenvalue weighted by molar-refractivity contribution is 5.78. The molecule has 0 spiro atoms. The summed E-state index contributed by atoms with van der Waals surface area (Å²) in [6, 6.07) is 3.62. The van der Waals surface area contributed by atoms with Gasteiger partial charge in [0.15, 0.2) is 0 Å². The Balaban J connectivity index is 1.61. The van der Waals surface area contributed by atoms with Crippen molar-refractivity contribution >= 4 is 17.7 Å². The second kappa shape index (κ2) is 8.51. The van der Waals surface area contributed by atoms with Gasteiger partial charge in [0.25, 0.3) is 5.82 Å². The monoisotopic (exact) mass is 366 g/mol. The van der Waals surface area contributed by atoms with Gasteiger partial charge in [0.2, 0.25) is 11.9 Å². The third kappa shape index (κ3) is 4.95. The highest BCUT2D eigenvalue weighted by atomic mass is 16.2. The third-order valence-corrected chi connectivity index (χ3v) is 4.18. The Labute approximate surface area is 158 Å². The van der Waals surface area contributed by atoms with Crippen LogP contribution in [-0.4, -0.2) is 69.7 Å². The Hall–Kier alpha value is -3.12. The van der Waals surface area contributed by atoms with Crippen LogP contribution in [0.3, 0.4) is 0 Å². The van der Waals surface area contributed by atoms with E-state index in [1.54, 1.807) is 24.5 Å². The van der Waals surface area contributed by atoms with Gasteiger partial charge in [-0.25, -0.2) is 4.98 Å². The van der Waals surface area contributed by atoms with E-state index in [1.807, 2.05) is 13.8 Å². The average Bonchev–Trinajstić information content (AvgIpc) is 2.68. The zero-order valence-electron chi connectivity index (χ0n) is 15.5. The SMILES string of the molecule is [C-]#[N+]c1ccc(-c2cnnc(N3CCN(CC(=O)NC(C)C)CC3)n2)cn1. The van der Waals surface area contributed by atoms with Gasteiger partial charge in [0.1, 0.15) is 6.20 Å². The van der Waals surface area contributed by atoms with E-state index in [4.69, 9.17) is 6.57 Å². The molecule has 0 radical (unpaired) electrons. The van der Waals surface area contributed by atoms with Crippen LogP contribution in [0.5, 0.6) is 0 Å². The van der Waals surface area contributed by atoms with Gasteiger partial charge in [0, 0.05) is 37.8 Å². The summed E-state index contributed by atoms with van der Waals surface area (Å²) in [6.45, 7) is 14.3. The van der Waals surface area contributed by atoms with Crippen LogP contribution in [0.25, 0.3) is 16.1 Å².